The normalized spacial score (nSPS) is 14.5. The number of hydrogen-bond donors (Lipinski definition) is 2. The van der Waals surface area contributed by atoms with Crippen LogP contribution in [0.2, 0.25) is 0 Å². The molecule has 1 fully saturated rings. The van der Waals surface area contributed by atoms with E-state index in [1.54, 1.807) is 0 Å². The van der Waals surface area contributed by atoms with E-state index in [2.05, 4.69) is 16.7 Å². The molecule has 0 aromatic heterocycles. The van der Waals surface area contributed by atoms with E-state index >= 15 is 0 Å². The highest BCUT2D eigenvalue weighted by Crippen LogP contribution is 2.32. The van der Waals surface area contributed by atoms with Crippen LogP contribution in [-0.2, 0) is 9.59 Å². The van der Waals surface area contributed by atoms with Gasteiger partial charge in [-0.05, 0) is 74.6 Å². The molecule has 0 aliphatic heterocycles. The van der Waals surface area contributed by atoms with E-state index in [0.717, 1.165) is 46.7 Å². The largest absolute Gasteiger partial charge is 0.326 e. The summed E-state index contributed by atoms with van der Waals surface area (Å²) in [6, 6.07) is 13.8. The van der Waals surface area contributed by atoms with Crippen LogP contribution in [0.25, 0.3) is 0 Å². The molecular weight excluding hydrogens is 356 g/mol. The lowest BCUT2D eigenvalue weighted by molar-refractivity contribution is -0.117. The van der Waals surface area contributed by atoms with Gasteiger partial charge in [0.1, 0.15) is 0 Å². The van der Waals surface area contributed by atoms with Crippen LogP contribution in [-0.4, -0.2) is 17.1 Å². The maximum absolute atomic E-state index is 12.7. The summed E-state index contributed by atoms with van der Waals surface area (Å²) in [7, 11) is 0. The van der Waals surface area contributed by atoms with Gasteiger partial charge in [-0.25, -0.2) is 0 Å². The van der Waals surface area contributed by atoms with E-state index in [4.69, 9.17) is 0 Å². The van der Waals surface area contributed by atoms with Gasteiger partial charge in [-0.2, -0.15) is 0 Å². The Bertz CT molecular complexity index is 826. The zero-order chi connectivity index (χ0) is 19.4. The third-order valence-electron chi connectivity index (χ3n) is 4.48. The third kappa shape index (κ3) is 5.60. The Morgan fingerprint density at radius 3 is 2.37 bits per heavy atom. The van der Waals surface area contributed by atoms with Crippen molar-refractivity contribution in [2.24, 2.45) is 5.92 Å². The van der Waals surface area contributed by atoms with E-state index in [1.807, 2.05) is 57.2 Å². The Morgan fingerprint density at radius 2 is 1.74 bits per heavy atom. The number of thioether (sulfide) groups is 1. The van der Waals surface area contributed by atoms with Gasteiger partial charge in [-0.15, -0.1) is 11.8 Å². The number of nitrogens with one attached hydrogen (secondary N) is 2. The van der Waals surface area contributed by atoms with E-state index < -0.39 is 0 Å². The number of aryl methyl sites for hydroxylation is 2. The van der Waals surface area contributed by atoms with Crippen molar-refractivity contribution in [2.75, 3.05) is 10.6 Å². The molecule has 2 aromatic carbocycles. The number of carbonyl (C=O) groups is 2. The molecule has 2 N–H and O–H groups in total. The number of rotatable bonds is 7. The fourth-order valence-corrected chi connectivity index (χ4v) is 4.01. The van der Waals surface area contributed by atoms with Crippen LogP contribution in [0, 0.1) is 19.8 Å². The Labute approximate surface area is 165 Å². The van der Waals surface area contributed by atoms with Crippen molar-refractivity contribution >= 4 is 35.0 Å². The van der Waals surface area contributed by atoms with E-state index in [1.165, 1.54) is 11.8 Å². The van der Waals surface area contributed by atoms with E-state index in [0.29, 0.717) is 0 Å². The van der Waals surface area contributed by atoms with Crippen molar-refractivity contribution in [1.82, 2.24) is 0 Å². The van der Waals surface area contributed by atoms with Gasteiger partial charge >= 0.3 is 0 Å². The molecule has 4 nitrogen and oxygen atoms in total. The van der Waals surface area contributed by atoms with Crippen molar-refractivity contribution in [3.8, 4) is 0 Å². The number of hydrogen-bond acceptors (Lipinski definition) is 3. The van der Waals surface area contributed by atoms with Gasteiger partial charge in [0, 0.05) is 22.2 Å². The zero-order valence-corrected chi connectivity index (χ0v) is 16.9. The van der Waals surface area contributed by atoms with Gasteiger partial charge < -0.3 is 10.6 Å². The minimum Gasteiger partial charge on any atom is -0.326 e. The molecule has 27 heavy (non-hydrogen) atoms. The van der Waals surface area contributed by atoms with Crippen LogP contribution >= 0.6 is 11.8 Å². The molecule has 1 saturated carbocycles. The van der Waals surface area contributed by atoms with Gasteiger partial charge in [0.15, 0.2) is 0 Å². The zero-order valence-electron chi connectivity index (χ0n) is 16.0. The molecule has 1 unspecified atom stereocenters. The summed E-state index contributed by atoms with van der Waals surface area (Å²) in [4.78, 5) is 25.7. The lowest BCUT2D eigenvalue weighted by Gasteiger charge is -2.16. The summed E-state index contributed by atoms with van der Waals surface area (Å²) in [6.07, 6.45) is 2.69. The fourth-order valence-electron chi connectivity index (χ4n) is 2.99. The number of carbonyl (C=O) groups excluding carboxylic acids is 2. The highest BCUT2D eigenvalue weighted by atomic mass is 32.2. The lowest BCUT2D eigenvalue weighted by atomic mass is 10.1. The first-order valence-corrected chi connectivity index (χ1v) is 10.3. The van der Waals surface area contributed by atoms with E-state index in [9.17, 15) is 9.59 Å². The molecule has 0 spiro atoms. The predicted octanol–water partition coefficient (Wildman–Crippen LogP) is 5.16. The molecule has 2 aromatic rings. The maximum atomic E-state index is 12.7. The monoisotopic (exact) mass is 382 g/mol. The molecule has 1 aliphatic rings. The summed E-state index contributed by atoms with van der Waals surface area (Å²) in [5.74, 6) is 0.268. The SMILES string of the molecule is CCC(Sc1cccc(NC(=O)C2CC2)c1)C(=O)Nc1cc(C)cc(C)c1. The van der Waals surface area contributed by atoms with Crippen molar-refractivity contribution in [2.45, 2.75) is 50.2 Å². The Morgan fingerprint density at radius 1 is 1.04 bits per heavy atom. The minimum atomic E-state index is -0.194. The molecule has 0 saturated heterocycles. The van der Waals surface area contributed by atoms with Crippen molar-refractivity contribution in [3.05, 3.63) is 53.6 Å². The van der Waals surface area contributed by atoms with Crippen LogP contribution in [0.1, 0.15) is 37.3 Å². The smallest absolute Gasteiger partial charge is 0.237 e. The van der Waals surface area contributed by atoms with Crippen LogP contribution in [0.15, 0.2) is 47.4 Å². The molecular formula is C22H26N2O2S. The van der Waals surface area contributed by atoms with Crippen LogP contribution in [0.5, 0.6) is 0 Å². The summed E-state index contributed by atoms with van der Waals surface area (Å²) in [5.41, 5.74) is 3.89. The molecule has 5 heteroatoms. The average Bonchev–Trinajstić information content (AvgIpc) is 3.44. The Balaban J connectivity index is 1.65. The first-order chi connectivity index (χ1) is 12.9. The topological polar surface area (TPSA) is 58.2 Å². The van der Waals surface area contributed by atoms with Gasteiger partial charge in [-0.3, -0.25) is 9.59 Å². The summed E-state index contributed by atoms with van der Waals surface area (Å²) < 4.78 is 0. The van der Waals surface area contributed by atoms with Crippen molar-refractivity contribution in [1.29, 1.82) is 0 Å². The molecule has 2 amide bonds. The van der Waals surface area contributed by atoms with Crippen LogP contribution < -0.4 is 10.6 Å². The molecule has 1 aliphatic carbocycles. The second kappa shape index (κ2) is 8.61. The summed E-state index contributed by atoms with van der Waals surface area (Å²) >= 11 is 1.53. The van der Waals surface area contributed by atoms with Gasteiger partial charge in [0.05, 0.1) is 5.25 Å². The average molecular weight is 383 g/mol. The molecule has 142 valence electrons. The molecule has 1 atom stereocenters. The van der Waals surface area contributed by atoms with Crippen LogP contribution in [0.4, 0.5) is 11.4 Å². The first-order valence-electron chi connectivity index (χ1n) is 9.41. The summed E-state index contributed by atoms with van der Waals surface area (Å²) in [6.45, 7) is 6.06. The predicted molar refractivity (Wildman–Crippen MR) is 112 cm³/mol. The number of amides is 2. The van der Waals surface area contributed by atoms with Gasteiger partial charge in [-0.1, -0.05) is 19.1 Å². The Hall–Kier alpha value is -2.27. The number of benzene rings is 2. The highest BCUT2D eigenvalue weighted by molar-refractivity contribution is 8.00. The highest BCUT2D eigenvalue weighted by Gasteiger charge is 2.29. The molecule has 0 radical (unpaired) electrons. The van der Waals surface area contributed by atoms with Gasteiger partial charge in [0.25, 0.3) is 0 Å². The second-order valence-electron chi connectivity index (χ2n) is 7.17. The van der Waals surface area contributed by atoms with Crippen molar-refractivity contribution in [3.63, 3.8) is 0 Å². The van der Waals surface area contributed by atoms with Gasteiger partial charge in [0.2, 0.25) is 11.8 Å². The molecule has 0 bridgehead atoms. The lowest BCUT2D eigenvalue weighted by Crippen LogP contribution is -2.24. The standard InChI is InChI=1S/C22H26N2O2S/c1-4-20(22(26)24-18-11-14(2)10-15(3)12-18)27-19-7-5-6-17(13-19)23-21(25)16-8-9-16/h5-7,10-13,16,20H,4,8-9H2,1-3H3,(H,23,25)(H,24,26). The van der Waals surface area contributed by atoms with Crippen molar-refractivity contribution < 1.29 is 9.59 Å². The first kappa shape index (κ1) is 19.5. The minimum absolute atomic E-state index is 0.0000750. The molecule has 0 heterocycles. The van der Waals surface area contributed by atoms with E-state index in [-0.39, 0.29) is 23.0 Å². The third-order valence-corrected chi connectivity index (χ3v) is 5.84. The number of anilines is 2. The summed E-state index contributed by atoms with van der Waals surface area (Å²) in [5, 5.41) is 5.81. The Kier molecular flexibility index (Phi) is 6.22. The quantitative estimate of drug-likeness (QED) is 0.650. The van der Waals surface area contributed by atoms with Crippen LogP contribution in [0.3, 0.4) is 0 Å². The maximum Gasteiger partial charge on any atom is 0.237 e. The fraction of sp³-hybridized carbons (Fsp3) is 0.364. The molecule has 3 rings (SSSR count). The second-order valence-corrected chi connectivity index (χ2v) is 8.45.